The predicted octanol–water partition coefficient (Wildman–Crippen LogP) is -0.120. The van der Waals surface area contributed by atoms with Crippen molar-refractivity contribution in [2.75, 3.05) is 34.0 Å². The average Bonchev–Trinajstić information content (AvgIpc) is 2.04. The largest absolute Gasteiger partial charge is 0.459 e. The molecule has 4 nitrogen and oxygen atoms in total. The van der Waals surface area contributed by atoms with Crippen molar-refractivity contribution in [3.05, 3.63) is 0 Å². The Morgan fingerprint density at radius 3 is 2.54 bits per heavy atom. The van der Waals surface area contributed by atoms with Gasteiger partial charge in [0.1, 0.15) is 19.2 Å². The Morgan fingerprint density at radius 1 is 1.62 bits per heavy atom. The number of carbonyl (C=O) groups excluding carboxylic acids is 1. The maximum Gasteiger partial charge on any atom is 0.322 e. The van der Waals surface area contributed by atoms with Gasteiger partial charge in [0.05, 0.1) is 14.1 Å². The third-order valence-electron chi connectivity index (χ3n) is 1.64. The Hall–Kier alpha value is -0.680. The van der Waals surface area contributed by atoms with E-state index in [-0.39, 0.29) is 11.1 Å². The van der Waals surface area contributed by atoms with Crippen molar-refractivity contribution in [2.45, 2.75) is 13.0 Å². The highest BCUT2D eigenvalue weighted by molar-refractivity contribution is 5.74. The third-order valence-corrected chi connectivity index (χ3v) is 1.64. The minimum absolute atomic E-state index is 0.187. The molecule has 0 aromatic carbocycles. The normalized spacial score (nSPS) is 13.9. The number of quaternary nitrogens is 1. The van der Waals surface area contributed by atoms with Crippen LogP contribution >= 0.6 is 0 Å². The maximum absolute atomic E-state index is 12.3. The van der Waals surface area contributed by atoms with E-state index in [0.29, 0.717) is 6.54 Å². The van der Waals surface area contributed by atoms with Gasteiger partial charge in [-0.05, 0) is 6.92 Å². The predicted molar refractivity (Wildman–Crippen MR) is 47.6 cm³/mol. The van der Waals surface area contributed by atoms with E-state index < -0.39 is 18.8 Å². The molecule has 0 bridgehead atoms. The molecule has 1 unspecified atom stereocenters. The number of hydrogen-bond acceptors (Lipinski definition) is 3. The first-order valence-corrected chi connectivity index (χ1v) is 4.19. The second-order valence-corrected chi connectivity index (χ2v) is 3.74. The highest BCUT2D eigenvalue weighted by Gasteiger charge is 2.15. The minimum atomic E-state index is -0.610. The van der Waals surface area contributed by atoms with E-state index in [1.807, 2.05) is 0 Å². The fraction of sp³-hybridized carbons (Fsp3) is 0.875. The van der Waals surface area contributed by atoms with Gasteiger partial charge in [-0.3, -0.25) is 9.28 Å². The first kappa shape index (κ1) is 12.3. The molecule has 78 valence electrons. The SMILES string of the molecule is CC(N)C(=O)OCC[N+](C)(C)CF. The lowest BCUT2D eigenvalue weighted by molar-refractivity contribution is -0.902. The van der Waals surface area contributed by atoms with E-state index in [9.17, 15) is 9.18 Å². The van der Waals surface area contributed by atoms with Crippen LogP contribution in [0.1, 0.15) is 6.92 Å². The lowest BCUT2D eigenvalue weighted by atomic mass is 10.4. The lowest BCUT2D eigenvalue weighted by Gasteiger charge is -2.25. The molecule has 1 atom stereocenters. The molecule has 0 aliphatic rings. The summed E-state index contributed by atoms with van der Waals surface area (Å²) in [7, 11) is 3.44. The van der Waals surface area contributed by atoms with Crippen LogP contribution in [0.3, 0.4) is 0 Å². The Bertz CT molecular complexity index is 172. The van der Waals surface area contributed by atoms with Crippen LogP contribution in [0.25, 0.3) is 0 Å². The molecular formula is C8H18FN2O2+. The molecule has 5 heteroatoms. The molecule has 0 aliphatic heterocycles. The van der Waals surface area contributed by atoms with E-state index >= 15 is 0 Å². The number of likely N-dealkylation sites (N-methyl/N-ethyl adjacent to an activating group) is 1. The summed E-state index contributed by atoms with van der Waals surface area (Å²) < 4.78 is 17.2. The zero-order valence-electron chi connectivity index (χ0n) is 8.42. The van der Waals surface area contributed by atoms with E-state index in [2.05, 4.69) is 0 Å². The van der Waals surface area contributed by atoms with Crippen LogP contribution < -0.4 is 5.73 Å². The van der Waals surface area contributed by atoms with Crippen LogP contribution in [-0.4, -0.2) is 50.5 Å². The van der Waals surface area contributed by atoms with Crippen molar-refractivity contribution in [1.29, 1.82) is 0 Å². The number of halogens is 1. The van der Waals surface area contributed by atoms with E-state index in [0.717, 1.165) is 0 Å². The molecular weight excluding hydrogens is 175 g/mol. The van der Waals surface area contributed by atoms with Gasteiger partial charge in [0.15, 0.2) is 0 Å². The summed E-state index contributed by atoms with van der Waals surface area (Å²) in [4.78, 5) is 10.9. The quantitative estimate of drug-likeness (QED) is 0.376. The van der Waals surface area contributed by atoms with E-state index in [1.54, 1.807) is 21.0 Å². The van der Waals surface area contributed by atoms with Crippen LogP contribution in [0, 0.1) is 0 Å². The molecule has 0 saturated heterocycles. The molecule has 0 aromatic heterocycles. The standard InChI is InChI=1S/C8H18FN2O2/c1-7(10)8(12)13-5-4-11(2,3)6-9/h7H,4-6,10H2,1-3H3/q+1. The molecule has 0 spiro atoms. The highest BCUT2D eigenvalue weighted by Crippen LogP contribution is 1.96. The second-order valence-electron chi connectivity index (χ2n) is 3.74. The molecule has 0 saturated carbocycles. The third kappa shape index (κ3) is 5.54. The Morgan fingerprint density at radius 2 is 2.15 bits per heavy atom. The van der Waals surface area contributed by atoms with Crippen LogP contribution in [0.4, 0.5) is 4.39 Å². The van der Waals surface area contributed by atoms with Crippen molar-refractivity contribution in [2.24, 2.45) is 5.73 Å². The van der Waals surface area contributed by atoms with Gasteiger partial charge < -0.3 is 10.5 Å². The molecule has 0 amide bonds. The fourth-order valence-electron chi connectivity index (χ4n) is 0.585. The van der Waals surface area contributed by atoms with Gasteiger partial charge >= 0.3 is 5.97 Å². The number of esters is 1. The topological polar surface area (TPSA) is 52.3 Å². The summed E-state index contributed by atoms with van der Waals surface area (Å²) in [6.07, 6.45) is 0. The zero-order valence-corrected chi connectivity index (χ0v) is 8.42. The van der Waals surface area contributed by atoms with Gasteiger partial charge in [0.2, 0.25) is 6.80 Å². The van der Waals surface area contributed by atoms with Gasteiger partial charge in [-0.25, -0.2) is 0 Å². The van der Waals surface area contributed by atoms with Crippen LogP contribution in [-0.2, 0) is 9.53 Å². The minimum Gasteiger partial charge on any atom is -0.459 e. The smallest absolute Gasteiger partial charge is 0.322 e. The zero-order chi connectivity index (χ0) is 10.5. The summed E-state index contributed by atoms with van der Waals surface area (Å²) >= 11 is 0. The monoisotopic (exact) mass is 193 g/mol. The van der Waals surface area contributed by atoms with Crippen LogP contribution in [0.2, 0.25) is 0 Å². The van der Waals surface area contributed by atoms with E-state index in [1.165, 1.54) is 0 Å². The summed E-state index contributed by atoms with van der Waals surface area (Å²) in [5, 5.41) is 0. The molecule has 13 heavy (non-hydrogen) atoms. The summed E-state index contributed by atoms with van der Waals surface area (Å²) in [5.74, 6) is -0.446. The van der Waals surface area contributed by atoms with Crippen molar-refractivity contribution < 1.29 is 18.4 Å². The number of rotatable bonds is 5. The number of carbonyl (C=O) groups is 1. The fourth-order valence-corrected chi connectivity index (χ4v) is 0.585. The van der Waals surface area contributed by atoms with Gasteiger partial charge in [-0.2, -0.15) is 4.39 Å². The van der Waals surface area contributed by atoms with Crippen molar-refractivity contribution >= 4 is 5.97 Å². The number of ether oxygens (including phenoxy) is 1. The Balaban J connectivity index is 3.62. The lowest BCUT2D eigenvalue weighted by Crippen LogP contribution is -2.42. The average molecular weight is 193 g/mol. The van der Waals surface area contributed by atoms with Gasteiger partial charge in [0.25, 0.3) is 0 Å². The molecule has 0 aliphatic carbocycles. The highest BCUT2D eigenvalue weighted by atomic mass is 19.1. The van der Waals surface area contributed by atoms with Gasteiger partial charge in [0, 0.05) is 0 Å². The summed E-state index contributed by atoms with van der Waals surface area (Å²) in [6.45, 7) is 1.74. The molecule has 0 rings (SSSR count). The Labute approximate surface area is 78.0 Å². The molecule has 2 N–H and O–H groups in total. The first-order valence-electron chi connectivity index (χ1n) is 4.19. The van der Waals surface area contributed by atoms with Crippen molar-refractivity contribution in [1.82, 2.24) is 0 Å². The second kappa shape index (κ2) is 5.14. The van der Waals surface area contributed by atoms with Gasteiger partial charge in [-0.1, -0.05) is 0 Å². The van der Waals surface area contributed by atoms with Crippen LogP contribution in [0.15, 0.2) is 0 Å². The number of hydrogen-bond donors (Lipinski definition) is 1. The van der Waals surface area contributed by atoms with Crippen LogP contribution in [0.5, 0.6) is 0 Å². The molecule has 0 radical (unpaired) electrons. The maximum atomic E-state index is 12.3. The van der Waals surface area contributed by atoms with Crippen molar-refractivity contribution in [3.8, 4) is 0 Å². The number of nitrogens with zero attached hydrogens (tertiary/aromatic N) is 1. The summed E-state index contributed by atoms with van der Waals surface area (Å²) in [6, 6.07) is -0.610. The van der Waals surface area contributed by atoms with Crippen molar-refractivity contribution in [3.63, 3.8) is 0 Å². The van der Waals surface area contributed by atoms with Gasteiger partial charge in [-0.15, -0.1) is 0 Å². The molecule has 0 fully saturated rings. The molecule has 0 aromatic rings. The Kier molecular flexibility index (Phi) is 4.87. The summed E-state index contributed by atoms with van der Waals surface area (Å²) in [5.41, 5.74) is 5.26. The number of alkyl halides is 1. The first-order chi connectivity index (χ1) is 5.89. The molecule has 0 heterocycles. The van der Waals surface area contributed by atoms with E-state index in [4.69, 9.17) is 10.5 Å². The number of nitrogens with two attached hydrogens (primary N) is 1.